The van der Waals surface area contributed by atoms with Crippen LogP contribution in [0.25, 0.3) is 0 Å². The molecular formula is C17H16FNO4. The highest BCUT2D eigenvalue weighted by Gasteiger charge is 2.32. The molecule has 0 unspecified atom stereocenters. The number of ether oxygens (including phenoxy) is 1. The standard InChI is InChI=1S/C17H16FNO4/c1-23-17(22)14(15(20)12-9-5-6-10-13(12)18)19-16(21)11-7-3-2-4-8-11/h2-10,14-15,20H,1H3,(H,19,21)/t14-,15-/m1/s1. The van der Waals surface area contributed by atoms with E-state index < -0.39 is 29.8 Å². The predicted molar refractivity (Wildman–Crippen MR) is 81.1 cm³/mol. The summed E-state index contributed by atoms with van der Waals surface area (Å²) in [5.41, 5.74) is 0.207. The molecule has 0 aromatic heterocycles. The zero-order valence-corrected chi connectivity index (χ0v) is 12.4. The molecule has 1 amide bonds. The van der Waals surface area contributed by atoms with E-state index in [4.69, 9.17) is 0 Å². The van der Waals surface area contributed by atoms with Crippen LogP contribution < -0.4 is 5.32 Å². The van der Waals surface area contributed by atoms with E-state index in [0.717, 1.165) is 13.2 Å². The predicted octanol–water partition coefficient (Wildman–Crippen LogP) is 1.83. The van der Waals surface area contributed by atoms with Gasteiger partial charge in [-0.3, -0.25) is 4.79 Å². The van der Waals surface area contributed by atoms with Crippen molar-refractivity contribution in [2.24, 2.45) is 0 Å². The molecule has 23 heavy (non-hydrogen) atoms. The van der Waals surface area contributed by atoms with Crippen molar-refractivity contribution in [3.05, 3.63) is 71.5 Å². The van der Waals surface area contributed by atoms with Gasteiger partial charge in [-0.2, -0.15) is 0 Å². The van der Waals surface area contributed by atoms with E-state index >= 15 is 0 Å². The van der Waals surface area contributed by atoms with Gasteiger partial charge in [0.15, 0.2) is 6.04 Å². The number of aliphatic hydroxyl groups is 1. The van der Waals surface area contributed by atoms with Crippen molar-refractivity contribution >= 4 is 11.9 Å². The van der Waals surface area contributed by atoms with Crippen LogP contribution in [0.3, 0.4) is 0 Å². The van der Waals surface area contributed by atoms with Gasteiger partial charge >= 0.3 is 5.97 Å². The molecule has 0 aliphatic carbocycles. The summed E-state index contributed by atoms with van der Waals surface area (Å²) in [4.78, 5) is 24.1. The van der Waals surface area contributed by atoms with Gasteiger partial charge in [-0.25, -0.2) is 9.18 Å². The highest BCUT2D eigenvalue weighted by Crippen LogP contribution is 2.21. The van der Waals surface area contributed by atoms with Gasteiger partial charge in [-0.05, 0) is 18.2 Å². The van der Waals surface area contributed by atoms with Crippen LogP contribution in [0.4, 0.5) is 4.39 Å². The fourth-order valence-corrected chi connectivity index (χ4v) is 2.10. The molecule has 0 saturated heterocycles. The van der Waals surface area contributed by atoms with Gasteiger partial charge in [0.05, 0.1) is 7.11 Å². The Morgan fingerprint density at radius 3 is 2.30 bits per heavy atom. The van der Waals surface area contributed by atoms with Crippen LogP contribution >= 0.6 is 0 Å². The van der Waals surface area contributed by atoms with Gasteiger partial charge in [0.25, 0.3) is 5.91 Å². The molecule has 6 heteroatoms. The molecule has 0 spiro atoms. The first-order valence-electron chi connectivity index (χ1n) is 6.91. The Balaban J connectivity index is 2.26. The third-order valence-corrected chi connectivity index (χ3v) is 3.32. The molecule has 0 bridgehead atoms. The number of benzene rings is 2. The Hall–Kier alpha value is -2.73. The first-order valence-corrected chi connectivity index (χ1v) is 6.91. The molecule has 0 heterocycles. The smallest absolute Gasteiger partial charge is 0.331 e. The van der Waals surface area contributed by atoms with Crippen molar-refractivity contribution in [2.75, 3.05) is 7.11 Å². The molecule has 0 aliphatic heterocycles. The molecule has 2 rings (SSSR count). The molecule has 0 saturated carbocycles. The van der Waals surface area contributed by atoms with Crippen molar-refractivity contribution in [3.8, 4) is 0 Å². The SMILES string of the molecule is COC(=O)[C@H](NC(=O)c1ccccc1)[C@H](O)c1ccccc1F. The Bertz CT molecular complexity index is 690. The lowest BCUT2D eigenvalue weighted by molar-refractivity contribution is -0.146. The normalized spacial score (nSPS) is 13.0. The fourth-order valence-electron chi connectivity index (χ4n) is 2.10. The summed E-state index contributed by atoms with van der Waals surface area (Å²) < 4.78 is 18.4. The molecular weight excluding hydrogens is 301 g/mol. The quantitative estimate of drug-likeness (QED) is 0.825. The minimum absolute atomic E-state index is 0.101. The summed E-state index contributed by atoms with van der Waals surface area (Å²) >= 11 is 0. The van der Waals surface area contributed by atoms with E-state index in [1.807, 2.05) is 0 Å². The number of hydrogen-bond donors (Lipinski definition) is 2. The zero-order valence-electron chi connectivity index (χ0n) is 12.4. The van der Waals surface area contributed by atoms with Gasteiger partial charge in [0.2, 0.25) is 0 Å². The molecule has 5 nitrogen and oxygen atoms in total. The monoisotopic (exact) mass is 317 g/mol. The zero-order chi connectivity index (χ0) is 16.8. The summed E-state index contributed by atoms with van der Waals surface area (Å²) in [5.74, 6) is -2.12. The van der Waals surface area contributed by atoms with Crippen molar-refractivity contribution in [1.29, 1.82) is 0 Å². The van der Waals surface area contributed by atoms with Crippen molar-refractivity contribution in [3.63, 3.8) is 0 Å². The molecule has 120 valence electrons. The van der Waals surface area contributed by atoms with Crippen LogP contribution in [0.15, 0.2) is 54.6 Å². The molecule has 2 N–H and O–H groups in total. The van der Waals surface area contributed by atoms with E-state index in [9.17, 15) is 19.1 Å². The first kappa shape index (κ1) is 16.6. The lowest BCUT2D eigenvalue weighted by Gasteiger charge is -2.22. The largest absolute Gasteiger partial charge is 0.467 e. The first-order chi connectivity index (χ1) is 11.0. The number of aliphatic hydroxyl groups excluding tert-OH is 1. The summed E-state index contributed by atoms with van der Waals surface area (Å²) in [6, 6.07) is 12.2. The van der Waals surface area contributed by atoms with Crippen LogP contribution in [-0.4, -0.2) is 30.1 Å². The van der Waals surface area contributed by atoms with Crippen molar-refractivity contribution in [2.45, 2.75) is 12.1 Å². The van der Waals surface area contributed by atoms with Gasteiger partial charge in [-0.1, -0.05) is 36.4 Å². The van der Waals surface area contributed by atoms with Crippen LogP contribution in [0.2, 0.25) is 0 Å². The molecule has 2 aromatic carbocycles. The summed E-state index contributed by atoms with van der Waals surface area (Å²) in [7, 11) is 1.12. The highest BCUT2D eigenvalue weighted by molar-refractivity contribution is 5.96. The molecule has 2 aromatic rings. The third kappa shape index (κ3) is 3.92. The maximum atomic E-state index is 13.8. The lowest BCUT2D eigenvalue weighted by atomic mass is 10.0. The minimum atomic E-state index is -1.57. The molecule has 2 atom stereocenters. The van der Waals surface area contributed by atoms with Crippen LogP contribution in [0, 0.1) is 5.82 Å². The van der Waals surface area contributed by atoms with E-state index in [2.05, 4.69) is 10.1 Å². The van der Waals surface area contributed by atoms with Crippen molar-refractivity contribution in [1.82, 2.24) is 5.32 Å². The number of amides is 1. The van der Waals surface area contributed by atoms with Gasteiger partial charge < -0.3 is 15.2 Å². The lowest BCUT2D eigenvalue weighted by Crippen LogP contribution is -2.45. The number of carbonyl (C=O) groups excluding carboxylic acids is 2. The molecule has 0 fully saturated rings. The Labute approximate surface area is 132 Å². The maximum Gasteiger partial charge on any atom is 0.331 e. The minimum Gasteiger partial charge on any atom is -0.467 e. The highest BCUT2D eigenvalue weighted by atomic mass is 19.1. The molecule has 0 aliphatic rings. The number of halogens is 1. The average molecular weight is 317 g/mol. The topological polar surface area (TPSA) is 75.6 Å². The summed E-state index contributed by atoms with van der Waals surface area (Å²) in [6.07, 6.45) is -1.57. The third-order valence-electron chi connectivity index (χ3n) is 3.32. The van der Waals surface area contributed by atoms with Gasteiger partial charge in [0, 0.05) is 11.1 Å². The van der Waals surface area contributed by atoms with Gasteiger partial charge in [0.1, 0.15) is 11.9 Å². The Morgan fingerprint density at radius 2 is 1.70 bits per heavy atom. The van der Waals surface area contributed by atoms with Gasteiger partial charge in [-0.15, -0.1) is 0 Å². The average Bonchev–Trinajstić information content (AvgIpc) is 2.59. The Morgan fingerprint density at radius 1 is 1.09 bits per heavy atom. The fraction of sp³-hybridized carbons (Fsp3) is 0.176. The number of nitrogens with one attached hydrogen (secondary N) is 1. The number of carbonyl (C=O) groups is 2. The second kappa shape index (κ2) is 7.51. The number of esters is 1. The van der Waals surface area contributed by atoms with E-state index in [0.29, 0.717) is 5.56 Å². The summed E-state index contributed by atoms with van der Waals surface area (Å²) in [6.45, 7) is 0. The van der Waals surface area contributed by atoms with Crippen LogP contribution in [0.1, 0.15) is 22.0 Å². The molecule has 0 radical (unpaired) electrons. The van der Waals surface area contributed by atoms with E-state index in [1.54, 1.807) is 30.3 Å². The second-order valence-electron chi connectivity index (χ2n) is 4.81. The van der Waals surface area contributed by atoms with E-state index in [-0.39, 0.29) is 5.56 Å². The number of methoxy groups -OCH3 is 1. The van der Waals surface area contributed by atoms with Crippen LogP contribution in [-0.2, 0) is 9.53 Å². The maximum absolute atomic E-state index is 13.8. The van der Waals surface area contributed by atoms with Crippen molar-refractivity contribution < 1.29 is 23.8 Å². The number of rotatable bonds is 5. The Kier molecular flexibility index (Phi) is 5.43. The number of hydrogen-bond acceptors (Lipinski definition) is 4. The summed E-state index contributed by atoms with van der Waals surface area (Å²) in [5, 5.41) is 12.7. The second-order valence-corrected chi connectivity index (χ2v) is 4.81. The van der Waals surface area contributed by atoms with Crippen LogP contribution in [0.5, 0.6) is 0 Å². The van der Waals surface area contributed by atoms with E-state index in [1.165, 1.54) is 18.2 Å².